The second kappa shape index (κ2) is 11.7. The van der Waals surface area contributed by atoms with Crippen molar-refractivity contribution in [2.75, 3.05) is 36.9 Å². The fourth-order valence-corrected chi connectivity index (χ4v) is 6.54. The number of rotatable bonds is 6. The van der Waals surface area contributed by atoms with E-state index in [1.807, 2.05) is 12.1 Å². The van der Waals surface area contributed by atoms with Crippen molar-refractivity contribution in [2.24, 2.45) is 0 Å². The number of benzene rings is 3. The van der Waals surface area contributed by atoms with E-state index in [9.17, 15) is 32.7 Å². The zero-order chi connectivity index (χ0) is 34.8. The lowest BCUT2D eigenvalue weighted by Gasteiger charge is -2.17. The predicted octanol–water partition coefficient (Wildman–Crippen LogP) is 6.95. The molecule has 15 heteroatoms. The number of carbonyl (C=O) groups is 3. The van der Waals surface area contributed by atoms with Crippen molar-refractivity contribution in [1.82, 2.24) is 15.0 Å². The van der Waals surface area contributed by atoms with Crippen LogP contribution in [-0.2, 0) is 10.9 Å². The molecule has 4 N–H and O–H groups in total. The molecular weight excluding hydrogens is 667 g/mol. The van der Waals surface area contributed by atoms with Crippen molar-refractivity contribution < 1.29 is 42.1 Å². The van der Waals surface area contributed by atoms with E-state index < -0.39 is 46.9 Å². The van der Waals surface area contributed by atoms with Crippen LogP contribution in [-0.4, -0.2) is 64.5 Å². The highest BCUT2D eigenvalue weighted by atomic mass is 35.5. The number of amides is 2. The van der Waals surface area contributed by atoms with Gasteiger partial charge < -0.3 is 34.8 Å². The van der Waals surface area contributed by atoms with Gasteiger partial charge in [0, 0.05) is 58.0 Å². The fourth-order valence-electron chi connectivity index (χ4n) is 6.29. The summed E-state index contributed by atoms with van der Waals surface area (Å²) in [6, 6.07) is 14.8. The standard InChI is InChI=1S/C34H25ClF3N5O6/c1-48-20-5-3-15-9-22(39-13-17(15)8-20)31(45)40-19-4-6-21-16(7-19)10-23(41-21)32(46)43-14-18(12-35)26-24(43)11-25(44)29-27(26)28(33(47)49-2)30(42-29)34(36,37)38/h3-11,13,18,41-42,44H,12,14H2,1-2H3,(H,40,45)/t18-/m1/s1. The Morgan fingerprint density at radius 3 is 2.55 bits per heavy atom. The Balaban J connectivity index is 1.21. The number of methoxy groups -OCH3 is 2. The second-order valence-corrected chi connectivity index (χ2v) is 11.7. The Morgan fingerprint density at radius 1 is 1.04 bits per heavy atom. The first kappa shape index (κ1) is 31.8. The number of phenols is 1. The van der Waals surface area contributed by atoms with E-state index in [0.717, 1.165) is 17.9 Å². The first-order chi connectivity index (χ1) is 23.4. The third-order valence-corrected chi connectivity index (χ3v) is 8.92. The average Bonchev–Trinajstić information content (AvgIpc) is 3.80. The van der Waals surface area contributed by atoms with Crippen LogP contribution in [0, 0.1) is 0 Å². The number of nitrogens with zero attached hydrogens (tertiary/aromatic N) is 2. The van der Waals surface area contributed by atoms with Crippen LogP contribution in [0.5, 0.6) is 11.5 Å². The van der Waals surface area contributed by atoms with Crippen LogP contribution in [0.3, 0.4) is 0 Å². The second-order valence-electron chi connectivity index (χ2n) is 11.4. The van der Waals surface area contributed by atoms with Crippen LogP contribution < -0.4 is 15.0 Å². The normalized spacial score (nSPS) is 14.4. The average molecular weight is 692 g/mol. The van der Waals surface area contributed by atoms with Gasteiger partial charge in [-0.2, -0.15) is 13.2 Å². The zero-order valence-electron chi connectivity index (χ0n) is 25.7. The summed E-state index contributed by atoms with van der Waals surface area (Å²) in [6.07, 6.45) is -3.40. The Labute approximate surface area is 279 Å². The van der Waals surface area contributed by atoms with E-state index >= 15 is 0 Å². The Kier molecular flexibility index (Phi) is 7.62. The minimum Gasteiger partial charge on any atom is -0.506 e. The summed E-state index contributed by atoms with van der Waals surface area (Å²) in [7, 11) is 2.51. The Bertz CT molecular complexity index is 2350. The number of esters is 1. The number of H-pyrrole nitrogens is 2. The molecule has 0 saturated carbocycles. The summed E-state index contributed by atoms with van der Waals surface area (Å²) in [4.78, 5) is 50.4. The molecule has 0 spiro atoms. The maximum Gasteiger partial charge on any atom is 0.432 e. The van der Waals surface area contributed by atoms with Gasteiger partial charge in [0.15, 0.2) is 0 Å². The summed E-state index contributed by atoms with van der Waals surface area (Å²) in [5, 5.41) is 15.6. The number of aromatic hydroxyl groups is 1. The third-order valence-electron chi connectivity index (χ3n) is 8.55. The van der Waals surface area contributed by atoms with Gasteiger partial charge in [-0.3, -0.25) is 14.6 Å². The van der Waals surface area contributed by atoms with Crippen LogP contribution >= 0.6 is 11.6 Å². The molecule has 1 atom stereocenters. The van der Waals surface area contributed by atoms with Crippen LogP contribution in [0.15, 0.2) is 60.8 Å². The van der Waals surface area contributed by atoms with Crippen molar-refractivity contribution >= 4 is 73.3 Å². The number of phenolic OH excluding ortho intramolecular Hbond substituents is 1. The highest BCUT2D eigenvalue weighted by Gasteiger charge is 2.43. The van der Waals surface area contributed by atoms with Crippen molar-refractivity contribution in [3.8, 4) is 11.5 Å². The number of aromatic nitrogens is 3. The number of carbonyl (C=O) groups excluding carboxylic acids is 3. The van der Waals surface area contributed by atoms with Gasteiger partial charge in [-0.1, -0.05) is 6.07 Å². The molecule has 11 nitrogen and oxygen atoms in total. The molecule has 3 aromatic carbocycles. The van der Waals surface area contributed by atoms with Crippen molar-refractivity contribution in [3.63, 3.8) is 0 Å². The summed E-state index contributed by atoms with van der Waals surface area (Å²) < 4.78 is 51.9. The maximum atomic E-state index is 14.0. The number of alkyl halides is 4. The molecule has 1 aliphatic rings. The molecule has 49 heavy (non-hydrogen) atoms. The molecule has 250 valence electrons. The molecule has 0 bridgehead atoms. The number of nitrogens with one attached hydrogen (secondary N) is 3. The minimum absolute atomic E-state index is 0.0361. The van der Waals surface area contributed by atoms with E-state index in [2.05, 4.69) is 25.0 Å². The number of ether oxygens (including phenoxy) is 2. The van der Waals surface area contributed by atoms with E-state index in [0.29, 0.717) is 22.3 Å². The maximum absolute atomic E-state index is 14.0. The Hall–Kier alpha value is -5.76. The number of hydrogen-bond acceptors (Lipinski definition) is 7. The van der Waals surface area contributed by atoms with Crippen molar-refractivity contribution in [2.45, 2.75) is 12.1 Å². The summed E-state index contributed by atoms with van der Waals surface area (Å²) in [6.45, 7) is -0.0361. The largest absolute Gasteiger partial charge is 0.506 e. The van der Waals surface area contributed by atoms with Gasteiger partial charge in [-0.25, -0.2) is 4.79 Å². The highest BCUT2D eigenvalue weighted by Crippen LogP contribution is 2.49. The SMILES string of the molecule is COC(=O)c1c(C(F)(F)F)[nH]c2c(O)cc3c(c12)[C@H](CCl)CN3C(=O)c1cc2cc(NC(=O)c3cc4ccc(OC)cc4cn3)ccc2[nH]1. The smallest absolute Gasteiger partial charge is 0.432 e. The van der Waals surface area contributed by atoms with Gasteiger partial charge in [-0.05, 0) is 53.4 Å². The van der Waals surface area contributed by atoms with Crippen molar-refractivity contribution in [3.05, 3.63) is 89.0 Å². The first-order valence-corrected chi connectivity index (χ1v) is 15.3. The van der Waals surface area contributed by atoms with Crippen LogP contribution in [0.4, 0.5) is 24.5 Å². The number of fused-ring (bicyclic) bond motifs is 5. The number of pyridine rings is 1. The molecule has 0 saturated heterocycles. The summed E-state index contributed by atoms with van der Waals surface area (Å²) in [5.41, 5.74) is -0.874. The van der Waals surface area contributed by atoms with Gasteiger partial charge in [-0.15, -0.1) is 11.6 Å². The molecule has 3 aromatic heterocycles. The number of hydrogen-bond donors (Lipinski definition) is 4. The van der Waals surface area contributed by atoms with Gasteiger partial charge in [0.2, 0.25) is 0 Å². The molecule has 0 radical (unpaired) electrons. The van der Waals surface area contributed by atoms with Gasteiger partial charge in [0.25, 0.3) is 11.8 Å². The topological polar surface area (TPSA) is 150 Å². The van der Waals surface area contributed by atoms with E-state index in [4.69, 9.17) is 16.3 Å². The lowest BCUT2D eigenvalue weighted by molar-refractivity contribution is -0.141. The summed E-state index contributed by atoms with van der Waals surface area (Å²) in [5.74, 6) is -2.97. The van der Waals surface area contributed by atoms with Crippen LogP contribution in [0.25, 0.3) is 32.6 Å². The predicted molar refractivity (Wildman–Crippen MR) is 176 cm³/mol. The number of anilines is 2. The zero-order valence-corrected chi connectivity index (χ0v) is 26.4. The van der Waals surface area contributed by atoms with Crippen LogP contribution in [0.1, 0.15) is 48.5 Å². The fraction of sp³-hybridized carbons (Fsp3) is 0.176. The van der Waals surface area contributed by atoms with Gasteiger partial charge in [0.1, 0.15) is 28.6 Å². The molecule has 0 fully saturated rings. The van der Waals surface area contributed by atoms with E-state index in [1.54, 1.807) is 49.7 Å². The van der Waals surface area contributed by atoms with Crippen LogP contribution in [0.2, 0.25) is 0 Å². The molecule has 6 aromatic rings. The van der Waals surface area contributed by atoms with Crippen molar-refractivity contribution in [1.29, 1.82) is 0 Å². The molecular formula is C34H25ClF3N5O6. The lowest BCUT2D eigenvalue weighted by Crippen LogP contribution is -2.30. The Morgan fingerprint density at radius 2 is 1.84 bits per heavy atom. The molecule has 2 amide bonds. The lowest BCUT2D eigenvalue weighted by atomic mass is 9.95. The summed E-state index contributed by atoms with van der Waals surface area (Å²) >= 11 is 6.26. The molecule has 0 unspecified atom stereocenters. The quantitative estimate of drug-likeness (QED) is 0.109. The van der Waals surface area contributed by atoms with E-state index in [-0.39, 0.29) is 46.0 Å². The molecule has 4 heterocycles. The van der Waals surface area contributed by atoms with Gasteiger partial charge in [0.05, 0.1) is 31.0 Å². The first-order valence-electron chi connectivity index (χ1n) is 14.7. The number of halogens is 4. The molecule has 1 aliphatic heterocycles. The molecule has 0 aliphatic carbocycles. The molecule has 7 rings (SSSR count). The number of aromatic amines is 2. The highest BCUT2D eigenvalue weighted by molar-refractivity contribution is 6.20. The van der Waals surface area contributed by atoms with E-state index in [1.165, 1.54) is 11.0 Å². The minimum atomic E-state index is -4.98. The van der Waals surface area contributed by atoms with Gasteiger partial charge >= 0.3 is 12.1 Å². The third kappa shape index (κ3) is 5.33. The monoisotopic (exact) mass is 691 g/mol.